The largest absolute Gasteiger partial charge is 0.507 e. The Morgan fingerprint density at radius 1 is 0.312 bits per heavy atom. The lowest BCUT2D eigenvalue weighted by Crippen LogP contribution is -1.85. The Labute approximate surface area is 187 Å². The zero-order chi connectivity index (χ0) is 21.9. The van der Waals surface area contributed by atoms with E-state index in [4.69, 9.17) is 0 Å². The van der Waals surface area contributed by atoms with Crippen LogP contribution < -0.4 is 0 Å². The summed E-state index contributed by atoms with van der Waals surface area (Å²) in [5.74, 6) is 0.545. The van der Waals surface area contributed by atoms with Gasteiger partial charge < -0.3 is 10.2 Å². The molecule has 0 spiro atoms. The summed E-state index contributed by atoms with van der Waals surface area (Å²) in [4.78, 5) is 0. The van der Waals surface area contributed by atoms with Gasteiger partial charge in [-0.3, -0.25) is 0 Å². The molecule has 0 amide bonds. The second kappa shape index (κ2) is 8.44. The van der Waals surface area contributed by atoms with Crippen LogP contribution in [0.1, 0.15) is 0 Å². The number of aromatic hydroxyl groups is 2. The lowest BCUT2D eigenvalue weighted by atomic mass is 9.95. The summed E-state index contributed by atoms with van der Waals surface area (Å²) in [5.41, 5.74) is 7.85. The van der Waals surface area contributed by atoms with Gasteiger partial charge in [0, 0.05) is 11.1 Å². The highest BCUT2D eigenvalue weighted by atomic mass is 16.3. The molecule has 2 heteroatoms. The SMILES string of the molecule is Oc1ccc(-c2ccc(-c3ccc(O)c(-c4ccccc4)c3)cc2)cc1-c1ccccc1. The van der Waals surface area contributed by atoms with Crippen molar-refractivity contribution in [1.29, 1.82) is 0 Å². The predicted octanol–water partition coefficient (Wildman–Crippen LogP) is 7.77. The normalized spacial score (nSPS) is 10.8. The van der Waals surface area contributed by atoms with Gasteiger partial charge in [0.1, 0.15) is 11.5 Å². The Kier molecular flexibility index (Phi) is 5.19. The van der Waals surface area contributed by atoms with Crippen molar-refractivity contribution in [3.05, 3.63) is 121 Å². The van der Waals surface area contributed by atoms with E-state index in [1.807, 2.05) is 84.9 Å². The monoisotopic (exact) mass is 414 g/mol. The predicted molar refractivity (Wildman–Crippen MR) is 132 cm³/mol. The molecule has 0 aliphatic heterocycles. The summed E-state index contributed by atoms with van der Waals surface area (Å²) >= 11 is 0. The van der Waals surface area contributed by atoms with Crippen molar-refractivity contribution in [2.45, 2.75) is 0 Å². The molecule has 0 saturated carbocycles. The average molecular weight is 415 g/mol. The molecule has 154 valence electrons. The van der Waals surface area contributed by atoms with Crippen molar-refractivity contribution >= 4 is 0 Å². The molecule has 0 fully saturated rings. The van der Waals surface area contributed by atoms with Gasteiger partial charge in [0.2, 0.25) is 0 Å². The molecule has 0 aliphatic carbocycles. The van der Waals surface area contributed by atoms with Crippen LogP contribution in [-0.2, 0) is 0 Å². The van der Waals surface area contributed by atoms with E-state index >= 15 is 0 Å². The van der Waals surface area contributed by atoms with Crippen LogP contribution in [0.4, 0.5) is 0 Å². The molecular weight excluding hydrogens is 392 g/mol. The molecule has 2 N–H and O–H groups in total. The first kappa shape index (κ1) is 19.7. The quantitative estimate of drug-likeness (QED) is 0.315. The van der Waals surface area contributed by atoms with Crippen molar-refractivity contribution in [2.75, 3.05) is 0 Å². The summed E-state index contributed by atoms with van der Waals surface area (Å²) in [6.07, 6.45) is 0. The first-order chi connectivity index (χ1) is 15.7. The Balaban J connectivity index is 1.48. The fourth-order valence-corrected chi connectivity index (χ4v) is 3.98. The highest BCUT2D eigenvalue weighted by Crippen LogP contribution is 2.36. The summed E-state index contributed by atoms with van der Waals surface area (Å²) < 4.78 is 0. The van der Waals surface area contributed by atoms with E-state index in [0.29, 0.717) is 0 Å². The minimum absolute atomic E-state index is 0.272. The first-order valence-corrected chi connectivity index (χ1v) is 10.6. The lowest BCUT2D eigenvalue weighted by molar-refractivity contribution is 0.477. The van der Waals surface area contributed by atoms with Crippen LogP contribution in [-0.4, -0.2) is 10.2 Å². The van der Waals surface area contributed by atoms with Crippen LogP contribution in [0, 0.1) is 0 Å². The Morgan fingerprint density at radius 3 is 1.03 bits per heavy atom. The fraction of sp³-hybridized carbons (Fsp3) is 0. The number of hydrogen-bond donors (Lipinski definition) is 2. The number of benzene rings is 5. The van der Waals surface area contributed by atoms with E-state index < -0.39 is 0 Å². The van der Waals surface area contributed by atoms with E-state index in [-0.39, 0.29) is 11.5 Å². The highest BCUT2D eigenvalue weighted by molar-refractivity contribution is 5.80. The molecule has 0 bridgehead atoms. The molecule has 0 heterocycles. The van der Waals surface area contributed by atoms with E-state index in [1.54, 1.807) is 12.1 Å². The van der Waals surface area contributed by atoms with Crippen LogP contribution in [0.3, 0.4) is 0 Å². The Hall–Kier alpha value is -4.30. The van der Waals surface area contributed by atoms with Crippen LogP contribution in [0.2, 0.25) is 0 Å². The third-order valence-electron chi connectivity index (χ3n) is 5.71. The maximum Gasteiger partial charge on any atom is 0.123 e. The summed E-state index contributed by atoms with van der Waals surface area (Å²) in [6, 6.07) is 39.6. The van der Waals surface area contributed by atoms with Crippen molar-refractivity contribution in [3.63, 3.8) is 0 Å². The lowest BCUT2D eigenvalue weighted by Gasteiger charge is -2.11. The summed E-state index contributed by atoms with van der Waals surface area (Å²) in [5, 5.41) is 20.7. The molecule has 0 unspecified atom stereocenters. The van der Waals surface area contributed by atoms with Crippen molar-refractivity contribution in [1.82, 2.24) is 0 Å². The van der Waals surface area contributed by atoms with Crippen molar-refractivity contribution < 1.29 is 10.2 Å². The molecule has 5 rings (SSSR count). The average Bonchev–Trinajstić information content (AvgIpc) is 2.86. The maximum atomic E-state index is 10.4. The smallest absolute Gasteiger partial charge is 0.123 e. The number of rotatable bonds is 4. The molecule has 0 saturated heterocycles. The maximum absolute atomic E-state index is 10.4. The molecule has 0 aromatic heterocycles. The Morgan fingerprint density at radius 2 is 0.656 bits per heavy atom. The molecule has 5 aromatic rings. The van der Waals surface area contributed by atoms with Gasteiger partial charge in [-0.05, 0) is 57.6 Å². The number of hydrogen-bond acceptors (Lipinski definition) is 2. The van der Waals surface area contributed by atoms with Crippen LogP contribution in [0.5, 0.6) is 11.5 Å². The van der Waals surface area contributed by atoms with Gasteiger partial charge >= 0.3 is 0 Å². The van der Waals surface area contributed by atoms with Gasteiger partial charge in [-0.1, -0.05) is 97.1 Å². The standard InChI is InChI=1S/C30H22O2/c31-29-17-15-25(19-27(29)23-7-3-1-4-8-23)21-11-13-22(14-12-21)26-16-18-30(32)28(20-26)24-9-5-2-6-10-24/h1-20,31-32H. The Bertz CT molecular complexity index is 1250. The second-order valence-corrected chi connectivity index (χ2v) is 7.77. The molecule has 0 atom stereocenters. The van der Waals surface area contributed by atoms with Crippen molar-refractivity contribution in [2.24, 2.45) is 0 Å². The molecule has 5 aromatic carbocycles. The summed E-state index contributed by atoms with van der Waals surface area (Å²) in [6.45, 7) is 0. The molecule has 0 radical (unpaired) electrons. The van der Waals surface area contributed by atoms with E-state index in [1.165, 1.54) is 0 Å². The van der Waals surface area contributed by atoms with E-state index in [2.05, 4.69) is 24.3 Å². The third-order valence-corrected chi connectivity index (χ3v) is 5.71. The van der Waals surface area contributed by atoms with Gasteiger partial charge in [-0.15, -0.1) is 0 Å². The van der Waals surface area contributed by atoms with Crippen LogP contribution in [0.25, 0.3) is 44.5 Å². The van der Waals surface area contributed by atoms with Gasteiger partial charge in [0.15, 0.2) is 0 Å². The minimum atomic E-state index is 0.272. The van der Waals surface area contributed by atoms with Gasteiger partial charge in [-0.2, -0.15) is 0 Å². The molecular formula is C30H22O2. The molecule has 32 heavy (non-hydrogen) atoms. The minimum Gasteiger partial charge on any atom is -0.507 e. The fourth-order valence-electron chi connectivity index (χ4n) is 3.98. The van der Waals surface area contributed by atoms with E-state index in [0.717, 1.165) is 44.5 Å². The number of phenols is 2. The first-order valence-electron chi connectivity index (χ1n) is 10.6. The van der Waals surface area contributed by atoms with Crippen molar-refractivity contribution in [3.8, 4) is 56.0 Å². The molecule has 0 aliphatic rings. The summed E-state index contributed by atoms with van der Waals surface area (Å²) in [7, 11) is 0. The third kappa shape index (κ3) is 3.86. The zero-order valence-electron chi connectivity index (χ0n) is 17.4. The van der Waals surface area contributed by atoms with Gasteiger partial charge in [-0.25, -0.2) is 0 Å². The molecule has 2 nitrogen and oxygen atoms in total. The number of phenolic OH excluding ortho intramolecular Hbond substituents is 2. The van der Waals surface area contributed by atoms with E-state index in [9.17, 15) is 10.2 Å². The van der Waals surface area contributed by atoms with Gasteiger partial charge in [0.05, 0.1) is 0 Å². The second-order valence-electron chi connectivity index (χ2n) is 7.77. The topological polar surface area (TPSA) is 40.5 Å². The van der Waals surface area contributed by atoms with Crippen LogP contribution >= 0.6 is 0 Å². The van der Waals surface area contributed by atoms with Crippen LogP contribution in [0.15, 0.2) is 121 Å². The highest BCUT2D eigenvalue weighted by Gasteiger charge is 2.09. The zero-order valence-corrected chi connectivity index (χ0v) is 17.4. The van der Waals surface area contributed by atoms with Gasteiger partial charge in [0.25, 0.3) is 0 Å².